The van der Waals surface area contributed by atoms with Crippen LogP contribution in [0.25, 0.3) is 0 Å². The van der Waals surface area contributed by atoms with Crippen LogP contribution in [0.4, 0.5) is 0 Å². The molecule has 0 radical (unpaired) electrons. The van der Waals surface area contributed by atoms with Gasteiger partial charge in [0.1, 0.15) is 6.61 Å². The van der Waals surface area contributed by atoms with E-state index in [0.717, 1.165) is 18.4 Å². The van der Waals surface area contributed by atoms with E-state index in [2.05, 4.69) is 6.92 Å². The topological polar surface area (TPSA) is 54.0 Å². The summed E-state index contributed by atoms with van der Waals surface area (Å²) in [5.41, 5.74) is 1.06. The van der Waals surface area contributed by atoms with Gasteiger partial charge in [-0.25, -0.2) is 0 Å². The molecular formula is C16H26O5. The molecule has 0 aromatic heterocycles. The molecule has 5 nitrogen and oxygen atoms in total. The maximum absolute atomic E-state index is 11.0. The highest BCUT2D eigenvalue weighted by Gasteiger charge is 2.45. The van der Waals surface area contributed by atoms with Gasteiger partial charge in [-0.2, -0.15) is 0 Å². The second kappa shape index (κ2) is 7.27. The lowest BCUT2D eigenvalue weighted by molar-refractivity contribution is -0.250. The smallest absolute Gasteiger partial charge is 0.302 e. The van der Waals surface area contributed by atoms with Crippen molar-refractivity contribution in [3.63, 3.8) is 0 Å². The average Bonchev–Trinajstić information content (AvgIpc) is 2.81. The third kappa shape index (κ3) is 3.98. The fraction of sp³-hybridized carbons (Fsp3) is 0.812. The first-order valence-corrected chi connectivity index (χ1v) is 7.77. The molecule has 0 amide bonds. The SMILES string of the molecule is CCOC(C)O[C@@H]1OC=C(COC(C)=O)[C@H]2CC[C@H](C)[C@@H]12. The van der Waals surface area contributed by atoms with E-state index >= 15 is 0 Å². The summed E-state index contributed by atoms with van der Waals surface area (Å²) in [6.45, 7) is 8.42. The molecule has 0 saturated heterocycles. The number of carbonyl (C=O) groups excluding carboxylic acids is 1. The fourth-order valence-corrected chi connectivity index (χ4v) is 3.36. The summed E-state index contributed by atoms with van der Waals surface area (Å²) < 4.78 is 22.2. The number of hydrogen-bond acceptors (Lipinski definition) is 5. The van der Waals surface area contributed by atoms with Gasteiger partial charge < -0.3 is 18.9 Å². The van der Waals surface area contributed by atoms with E-state index in [-0.39, 0.29) is 18.5 Å². The van der Waals surface area contributed by atoms with Crippen LogP contribution < -0.4 is 0 Å². The second-order valence-electron chi connectivity index (χ2n) is 5.88. The Morgan fingerprint density at radius 3 is 2.90 bits per heavy atom. The molecule has 5 atom stereocenters. The molecule has 1 saturated carbocycles. The Bertz CT molecular complexity index is 392. The van der Waals surface area contributed by atoms with E-state index in [0.29, 0.717) is 31.0 Å². The van der Waals surface area contributed by atoms with Crippen molar-refractivity contribution in [3.05, 3.63) is 11.8 Å². The molecule has 21 heavy (non-hydrogen) atoms. The minimum atomic E-state index is -0.282. The van der Waals surface area contributed by atoms with Crippen LogP contribution in [0.2, 0.25) is 0 Å². The quantitative estimate of drug-likeness (QED) is 0.557. The van der Waals surface area contributed by atoms with Gasteiger partial charge in [-0.15, -0.1) is 0 Å². The normalized spacial score (nSPS) is 32.9. The molecule has 0 aromatic rings. The van der Waals surface area contributed by atoms with Crippen LogP contribution in [0, 0.1) is 17.8 Å². The Labute approximate surface area is 126 Å². The van der Waals surface area contributed by atoms with Crippen LogP contribution in [0.5, 0.6) is 0 Å². The minimum absolute atomic E-state index is 0.262. The summed E-state index contributed by atoms with van der Waals surface area (Å²) in [6.07, 6.45) is 3.38. The maximum Gasteiger partial charge on any atom is 0.302 e. The van der Waals surface area contributed by atoms with E-state index in [4.69, 9.17) is 18.9 Å². The van der Waals surface area contributed by atoms with Gasteiger partial charge in [0.15, 0.2) is 6.29 Å². The summed E-state index contributed by atoms with van der Waals surface area (Å²) in [6, 6.07) is 0. The highest BCUT2D eigenvalue weighted by molar-refractivity contribution is 5.66. The molecule has 1 aliphatic heterocycles. The standard InChI is InChI=1S/C16H26O5/c1-5-18-12(4)21-16-15-10(2)6-7-14(15)13(9-20-16)8-19-11(3)17/h9-10,12,14-16H,5-8H2,1-4H3/t10-,12?,14+,15+,16-/m0/s1. The van der Waals surface area contributed by atoms with Crippen molar-refractivity contribution < 1.29 is 23.7 Å². The summed E-state index contributed by atoms with van der Waals surface area (Å²) in [5.74, 6) is 0.923. The molecule has 1 heterocycles. The zero-order chi connectivity index (χ0) is 15.4. The molecule has 2 aliphatic rings. The first-order valence-electron chi connectivity index (χ1n) is 7.77. The van der Waals surface area contributed by atoms with E-state index in [1.165, 1.54) is 6.92 Å². The van der Waals surface area contributed by atoms with Gasteiger partial charge >= 0.3 is 5.97 Å². The number of ether oxygens (including phenoxy) is 4. The largest absolute Gasteiger partial charge is 0.472 e. The summed E-state index contributed by atoms with van der Waals surface area (Å²) >= 11 is 0. The molecule has 1 aliphatic carbocycles. The van der Waals surface area contributed by atoms with Gasteiger partial charge in [0.05, 0.1) is 6.26 Å². The Morgan fingerprint density at radius 2 is 2.24 bits per heavy atom. The summed E-state index contributed by atoms with van der Waals surface area (Å²) in [4.78, 5) is 11.0. The van der Waals surface area contributed by atoms with Crippen molar-refractivity contribution in [2.45, 2.75) is 53.1 Å². The number of esters is 1. The highest BCUT2D eigenvalue weighted by atomic mass is 16.8. The van der Waals surface area contributed by atoms with Crippen molar-refractivity contribution in [1.82, 2.24) is 0 Å². The van der Waals surface area contributed by atoms with E-state index in [1.807, 2.05) is 13.8 Å². The van der Waals surface area contributed by atoms with Crippen molar-refractivity contribution in [1.29, 1.82) is 0 Å². The average molecular weight is 298 g/mol. The number of rotatable bonds is 6. The molecule has 0 aromatic carbocycles. The van der Waals surface area contributed by atoms with Crippen molar-refractivity contribution >= 4 is 5.97 Å². The highest BCUT2D eigenvalue weighted by Crippen LogP contribution is 2.46. The molecule has 0 N–H and O–H groups in total. The lowest BCUT2D eigenvalue weighted by Gasteiger charge is -2.36. The van der Waals surface area contributed by atoms with Crippen molar-refractivity contribution in [2.24, 2.45) is 17.8 Å². The van der Waals surface area contributed by atoms with Gasteiger partial charge in [0, 0.05) is 25.0 Å². The van der Waals surface area contributed by atoms with Crippen LogP contribution in [0.3, 0.4) is 0 Å². The van der Waals surface area contributed by atoms with Gasteiger partial charge in [0.25, 0.3) is 0 Å². The number of fused-ring (bicyclic) bond motifs is 1. The van der Waals surface area contributed by atoms with Crippen LogP contribution in [0.15, 0.2) is 11.8 Å². The van der Waals surface area contributed by atoms with Gasteiger partial charge in [-0.05, 0) is 38.5 Å². The molecule has 1 unspecified atom stereocenters. The molecular weight excluding hydrogens is 272 g/mol. The molecule has 120 valence electrons. The Balaban J connectivity index is 2.03. The third-order valence-corrected chi connectivity index (χ3v) is 4.37. The maximum atomic E-state index is 11.0. The first-order chi connectivity index (χ1) is 10.0. The van der Waals surface area contributed by atoms with Crippen molar-refractivity contribution in [3.8, 4) is 0 Å². The predicted octanol–water partition coefficient (Wildman–Crippen LogP) is 2.85. The molecule has 2 rings (SSSR count). The minimum Gasteiger partial charge on any atom is -0.472 e. The Morgan fingerprint density at radius 1 is 1.48 bits per heavy atom. The van der Waals surface area contributed by atoms with Gasteiger partial charge in [-0.1, -0.05) is 6.92 Å². The van der Waals surface area contributed by atoms with Crippen molar-refractivity contribution in [2.75, 3.05) is 13.2 Å². The van der Waals surface area contributed by atoms with Crippen LogP contribution in [-0.2, 0) is 23.7 Å². The number of hydrogen-bond donors (Lipinski definition) is 0. The van der Waals surface area contributed by atoms with Gasteiger partial charge in [-0.3, -0.25) is 4.79 Å². The monoisotopic (exact) mass is 298 g/mol. The van der Waals surface area contributed by atoms with E-state index < -0.39 is 0 Å². The molecule has 5 heteroatoms. The zero-order valence-electron chi connectivity index (χ0n) is 13.3. The molecule has 0 bridgehead atoms. The second-order valence-corrected chi connectivity index (χ2v) is 5.88. The van der Waals surface area contributed by atoms with Gasteiger partial charge in [0.2, 0.25) is 6.29 Å². The Kier molecular flexibility index (Phi) is 5.65. The van der Waals surface area contributed by atoms with E-state index in [9.17, 15) is 4.79 Å². The summed E-state index contributed by atoms with van der Waals surface area (Å²) in [5, 5.41) is 0. The lowest BCUT2D eigenvalue weighted by Crippen LogP contribution is -2.39. The molecule has 1 fully saturated rings. The summed E-state index contributed by atoms with van der Waals surface area (Å²) in [7, 11) is 0. The fourth-order valence-electron chi connectivity index (χ4n) is 3.36. The Hall–Kier alpha value is -1.07. The molecule has 0 spiro atoms. The predicted molar refractivity (Wildman–Crippen MR) is 77.1 cm³/mol. The lowest BCUT2D eigenvalue weighted by atomic mass is 9.84. The number of carbonyl (C=O) groups is 1. The van der Waals surface area contributed by atoms with Crippen LogP contribution in [0.1, 0.15) is 40.5 Å². The van der Waals surface area contributed by atoms with Crippen LogP contribution >= 0.6 is 0 Å². The zero-order valence-corrected chi connectivity index (χ0v) is 13.3. The third-order valence-electron chi connectivity index (χ3n) is 4.37. The van der Waals surface area contributed by atoms with Crippen LogP contribution in [-0.4, -0.2) is 31.8 Å². The first kappa shape index (κ1) is 16.3. The van der Waals surface area contributed by atoms with E-state index in [1.54, 1.807) is 6.26 Å².